The van der Waals surface area contributed by atoms with Gasteiger partial charge < -0.3 is 4.74 Å². The van der Waals surface area contributed by atoms with E-state index in [1.165, 1.54) is 7.11 Å². The summed E-state index contributed by atoms with van der Waals surface area (Å²) in [7, 11) is 1.32. The molecule has 0 amide bonds. The molecule has 0 spiro atoms. The average Bonchev–Trinajstić information content (AvgIpc) is 2.03. The smallest absolute Gasteiger partial charge is 0.284 e. The number of ether oxygens (including phenoxy) is 1. The zero-order valence-corrected chi connectivity index (χ0v) is 6.71. The van der Waals surface area contributed by atoms with Gasteiger partial charge in [-0.2, -0.15) is 0 Å². The third-order valence-electron chi connectivity index (χ3n) is 1.42. The number of hydrogen-bond acceptors (Lipinski definition) is 3. The Balaban J connectivity index is 3.18. The van der Waals surface area contributed by atoms with Crippen LogP contribution in [0.2, 0.25) is 0 Å². The van der Waals surface area contributed by atoms with Crippen LogP contribution in [0, 0.1) is 6.92 Å². The largest absolute Gasteiger partial charge is 0.493 e. The number of rotatable bonds is 2. The maximum Gasteiger partial charge on any atom is 0.284 e. The van der Waals surface area contributed by atoms with Gasteiger partial charge in [0, 0.05) is 0 Å². The lowest BCUT2D eigenvalue weighted by molar-refractivity contribution is 0.141. The molecule has 12 heavy (non-hydrogen) atoms. The summed E-state index contributed by atoms with van der Waals surface area (Å²) in [5, 5.41) is 0. The second-order valence-corrected chi connectivity index (χ2v) is 2.18. The van der Waals surface area contributed by atoms with E-state index in [-0.39, 0.29) is 11.4 Å². The molecule has 0 N–H and O–H groups in total. The van der Waals surface area contributed by atoms with E-state index in [0.717, 1.165) is 6.33 Å². The second-order valence-electron chi connectivity index (χ2n) is 2.18. The van der Waals surface area contributed by atoms with Crippen molar-refractivity contribution in [3.05, 3.63) is 17.7 Å². The van der Waals surface area contributed by atoms with Crippen LogP contribution in [0.25, 0.3) is 0 Å². The Bertz CT molecular complexity index is 278. The topological polar surface area (TPSA) is 35.0 Å². The lowest BCUT2D eigenvalue weighted by Gasteiger charge is -2.07. The van der Waals surface area contributed by atoms with Gasteiger partial charge in [-0.05, 0) is 6.92 Å². The van der Waals surface area contributed by atoms with Crippen LogP contribution < -0.4 is 4.74 Å². The molecule has 66 valence electrons. The molecule has 0 fully saturated rings. The van der Waals surface area contributed by atoms with Crippen LogP contribution in [0.3, 0.4) is 0 Å². The van der Waals surface area contributed by atoms with Crippen molar-refractivity contribution in [1.29, 1.82) is 0 Å². The van der Waals surface area contributed by atoms with Gasteiger partial charge in [0.15, 0.2) is 11.4 Å². The third kappa shape index (κ3) is 1.49. The van der Waals surface area contributed by atoms with E-state index >= 15 is 0 Å². The van der Waals surface area contributed by atoms with Crippen LogP contribution in [0.15, 0.2) is 6.33 Å². The summed E-state index contributed by atoms with van der Waals surface area (Å²) < 4.78 is 29.2. The van der Waals surface area contributed by atoms with Gasteiger partial charge in [0.25, 0.3) is 6.43 Å². The van der Waals surface area contributed by atoms with Gasteiger partial charge in [0.05, 0.1) is 12.8 Å². The fourth-order valence-electron chi connectivity index (χ4n) is 0.888. The van der Waals surface area contributed by atoms with Crippen LogP contribution in [-0.4, -0.2) is 17.1 Å². The molecule has 0 atom stereocenters. The molecule has 0 aliphatic rings. The van der Waals surface area contributed by atoms with Crippen molar-refractivity contribution in [3.8, 4) is 5.75 Å². The minimum atomic E-state index is -2.62. The molecule has 0 aliphatic heterocycles. The number of alkyl halides is 2. The zero-order chi connectivity index (χ0) is 9.14. The molecule has 1 heterocycles. The summed E-state index contributed by atoms with van der Waals surface area (Å²) in [6, 6.07) is 0. The highest BCUT2D eigenvalue weighted by Crippen LogP contribution is 2.27. The average molecular weight is 174 g/mol. The van der Waals surface area contributed by atoms with E-state index in [2.05, 4.69) is 9.97 Å². The Hall–Kier alpha value is -1.26. The minimum absolute atomic E-state index is 0.0625. The van der Waals surface area contributed by atoms with Crippen LogP contribution >= 0.6 is 0 Å². The van der Waals surface area contributed by atoms with E-state index < -0.39 is 6.43 Å². The van der Waals surface area contributed by atoms with Gasteiger partial charge in [-0.3, -0.25) is 0 Å². The summed E-state index contributed by atoms with van der Waals surface area (Å²) in [5.74, 6) is 0.0625. The summed E-state index contributed by atoms with van der Waals surface area (Å²) in [6.07, 6.45) is -1.53. The van der Waals surface area contributed by atoms with Gasteiger partial charge >= 0.3 is 0 Å². The summed E-state index contributed by atoms with van der Waals surface area (Å²) >= 11 is 0. The molecule has 1 rings (SSSR count). The summed E-state index contributed by atoms with van der Waals surface area (Å²) in [6.45, 7) is 1.59. The van der Waals surface area contributed by atoms with Gasteiger partial charge in [-0.1, -0.05) is 0 Å². The van der Waals surface area contributed by atoms with Crippen LogP contribution in [0.1, 0.15) is 17.8 Å². The predicted molar refractivity (Wildman–Crippen MR) is 38.3 cm³/mol. The first kappa shape index (κ1) is 8.83. The van der Waals surface area contributed by atoms with E-state index in [0.29, 0.717) is 5.69 Å². The van der Waals surface area contributed by atoms with Crippen molar-refractivity contribution in [2.24, 2.45) is 0 Å². The molecule has 1 aromatic heterocycles. The number of hydrogen-bond donors (Lipinski definition) is 0. The zero-order valence-electron chi connectivity index (χ0n) is 6.71. The highest BCUT2D eigenvalue weighted by molar-refractivity contribution is 5.31. The molecular formula is C7H8F2N2O. The van der Waals surface area contributed by atoms with Crippen LogP contribution in [0.4, 0.5) is 8.78 Å². The number of methoxy groups -OCH3 is 1. The molecule has 3 nitrogen and oxygen atoms in total. The Labute approximate surface area is 68.4 Å². The maximum absolute atomic E-state index is 12.2. The molecule has 5 heteroatoms. The Morgan fingerprint density at radius 2 is 2.08 bits per heavy atom. The molecule has 0 aliphatic carbocycles. The standard InChI is InChI=1S/C7H8F2N2O/c1-4-6(12-2)5(7(8)9)11-3-10-4/h3,7H,1-2H3. The van der Waals surface area contributed by atoms with Crippen molar-refractivity contribution in [1.82, 2.24) is 9.97 Å². The van der Waals surface area contributed by atoms with E-state index in [4.69, 9.17) is 4.74 Å². The minimum Gasteiger partial charge on any atom is -0.493 e. The van der Waals surface area contributed by atoms with Crippen molar-refractivity contribution in [2.45, 2.75) is 13.3 Å². The molecule has 0 saturated carbocycles. The molecule has 1 aromatic rings. The van der Waals surface area contributed by atoms with Crippen molar-refractivity contribution in [2.75, 3.05) is 7.11 Å². The lowest BCUT2D eigenvalue weighted by Crippen LogP contribution is -2.00. The number of nitrogens with zero attached hydrogens (tertiary/aromatic N) is 2. The normalized spacial score (nSPS) is 10.4. The Morgan fingerprint density at radius 1 is 1.42 bits per heavy atom. The quantitative estimate of drug-likeness (QED) is 0.684. The molecular weight excluding hydrogens is 166 g/mol. The van der Waals surface area contributed by atoms with Gasteiger partial charge in [-0.25, -0.2) is 18.7 Å². The first-order valence-corrected chi connectivity index (χ1v) is 3.30. The maximum atomic E-state index is 12.2. The SMILES string of the molecule is COc1c(C)ncnc1C(F)F. The summed E-state index contributed by atoms with van der Waals surface area (Å²) in [5.41, 5.74) is 0.0628. The Kier molecular flexibility index (Phi) is 2.52. The fraction of sp³-hybridized carbons (Fsp3) is 0.429. The Morgan fingerprint density at radius 3 is 2.50 bits per heavy atom. The van der Waals surface area contributed by atoms with Crippen molar-refractivity contribution >= 4 is 0 Å². The number of aryl methyl sites for hydroxylation is 1. The van der Waals surface area contributed by atoms with Gasteiger partial charge in [-0.15, -0.1) is 0 Å². The van der Waals surface area contributed by atoms with Crippen LogP contribution in [0.5, 0.6) is 5.75 Å². The lowest BCUT2D eigenvalue weighted by atomic mass is 10.3. The third-order valence-corrected chi connectivity index (χ3v) is 1.42. The molecule has 0 radical (unpaired) electrons. The number of halogens is 2. The molecule has 0 saturated heterocycles. The molecule has 0 bridgehead atoms. The first-order valence-electron chi connectivity index (χ1n) is 3.30. The first-order chi connectivity index (χ1) is 5.66. The second kappa shape index (κ2) is 3.42. The van der Waals surface area contributed by atoms with Crippen molar-refractivity contribution in [3.63, 3.8) is 0 Å². The van der Waals surface area contributed by atoms with E-state index in [1.54, 1.807) is 6.92 Å². The fourth-order valence-corrected chi connectivity index (χ4v) is 0.888. The predicted octanol–water partition coefficient (Wildman–Crippen LogP) is 1.73. The monoisotopic (exact) mass is 174 g/mol. The van der Waals surface area contributed by atoms with Crippen LogP contribution in [-0.2, 0) is 0 Å². The molecule has 0 aromatic carbocycles. The van der Waals surface area contributed by atoms with Gasteiger partial charge in [0.1, 0.15) is 6.33 Å². The number of aromatic nitrogens is 2. The van der Waals surface area contributed by atoms with Gasteiger partial charge in [0.2, 0.25) is 0 Å². The van der Waals surface area contributed by atoms with E-state index in [9.17, 15) is 8.78 Å². The highest BCUT2D eigenvalue weighted by atomic mass is 19.3. The highest BCUT2D eigenvalue weighted by Gasteiger charge is 2.17. The molecule has 0 unspecified atom stereocenters. The van der Waals surface area contributed by atoms with E-state index in [1.807, 2.05) is 0 Å². The summed E-state index contributed by atoms with van der Waals surface area (Å²) in [4.78, 5) is 7.15. The van der Waals surface area contributed by atoms with Crippen molar-refractivity contribution < 1.29 is 13.5 Å².